The van der Waals surface area contributed by atoms with Gasteiger partial charge in [0, 0.05) is 5.54 Å². The van der Waals surface area contributed by atoms with Crippen LogP contribution < -0.4 is 5.73 Å². The summed E-state index contributed by atoms with van der Waals surface area (Å²) in [7, 11) is 0. The third-order valence-electron chi connectivity index (χ3n) is 4.71. The molecule has 1 aliphatic rings. The minimum atomic E-state index is 0.165. The highest BCUT2D eigenvalue weighted by Crippen LogP contribution is 2.38. The summed E-state index contributed by atoms with van der Waals surface area (Å²) < 4.78 is 0. The van der Waals surface area contributed by atoms with E-state index in [0.717, 1.165) is 5.92 Å². The molecule has 96 valence electrons. The van der Waals surface area contributed by atoms with Crippen LogP contribution in [0.2, 0.25) is 0 Å². The average Bonchev–Trinajstić information content (AvgIpc) is 2.29. The molecule has 1 aliphatic carbocycles. The second kappa shape index (κ2) is 6.64. The van der Waals surface area contributed by atoms with Gasteiger partial charge in [0.05, 0.1) is 0 Å². The Morgan fingerprint density at radius 3 is 2.31 bits per heavy atom. The second-order valence-corrected chi connectivity index (χ2v) is 6.01. The van der Waals surface area contributed by atoms with Gasteiger partial charge in [-0.2, -0.15) is 0 Å². The van der Waals surface area contributed by atoms with Crippen molar-refractivity contribution in [3.05, 3.63) is 0 Å². The van der Waals surface area contributed by atoms with E-state index in [1.54, 1.807) is 0 Å². The van der Waals surface area contributed by atoms with E-state index in [4.69, 9.17) is 5.73 Å². The van der Waals surface area contributed by atoms with E-state index in [9.17, 15) is 0 Å². The Morgan fingerprint density at radius 1 is 1.19 bits per heavy atom. The maximum atomic E-state index is 6.58. The summed E-state index contributed by atoms with van der Waals surface area (Å²) in [6.45, 7) is 6.92. The molecule has 0 bridgehead atoms. The zero-order valence-corrected chi connectivity index (χ0v) is 11.6. The fraction of sp³-hybridized carbons (Fsp3) is 1.00. The molecule has 2 N–H and O–H groups in total. The quantitative estimate of drug-likeness (QED) is 0.707. The van der Waals surface area contributed by atoms with Gasteiger partial charge in [-0.3, -0.25) is 0 Å². The largest absolute Gasteiger partial charge is 0.325 e. The van der Waals surface area contributed by atoms with Crippen molar-refractivity contribution in [1.82, 2.24) is 0 Å². The van der Waals surface area contributed by atoms with Crippen LogP contribution in [0.5, 0.6) is 0 Å². The van der Waals surface area contributed by atoms with Crippen LogP contribution >= 0.6 is 0 Å². The first-order valence-electron chi connectivity index (χ1n) is 7.41. The summed E-state index contributed by atoms with van der Waals surface area (Å²) in [4.78, 5) is 0. The van der Waals surface area contributed by atoms with E-state index < -0.39 is 0 Å². The van der Waals surface area contributed by atoms with Gasteiger partial charge in [0.15, 0.2) is 0 Å². The normalized spacial score (nSPS) is 32.6. The van der Waals surface area contributed by atoms with Gasteiger partial charge in [0.25, 0.3) is 0 Å². The molecular formula is C15H31N. The number of nitrogens with two attached hydrogens (primary N) is 1. The summed E-state index contributed by atoms with van der Waals surface area (Å²) in [5.74, 6) is 1.69. The highest BCUT2D eigenvalue weighted by atomic mass is 14.8. The van der Waals surface area contributed by atoms with Gasteiger partial charge in [-0.15, -0.1) is 0 Å². The van der Waals surface area contributed by atoms with Gasteiger partial charge >= 0.3 is 0 Å². The molecular weight excluding hydrogens is 194 g/mol. The SMILES string of the molecule is CCCCC1CCC(N)(C(C)CCC)CC1. The van der Waals surface area contributed by atoms with Crippen LogP contribution in [0.3, 0.4) is 0 Å². The molecule has 1 unspecified atom stereocenters. The van der Waals surface area contributed by atoms with Crippen LogP contribution in [0.1, 0.15) is 78.6 Å². The maximum Gasteiger partial charge on any atom is 0.0180 e. The van der Waals surface area contributed by atoms with Crippen molar-refractivity contribution in [1.29, 1.82) is 0 Å². The highest BCUT2D eigenvalue weighted by Gasteiger charge is 2.35. The van der Waals surface area contributed by atoms with Crippen LogP contribution in [0.4, 0.5) is 0 Å². The molecule has 1 rings (SSSR count). The van der Waals surface area contributed by atoms with E-state index >= 15 is 0 Å². The highest BCUT2D eigenvalue weighted by molar-refractivity contribution is 4.93. The monoisotopic (exact) mass is 225 g/mol. The molecule has 0 saturated heterocycles. The molecule has 0 aliphatic heterocycles. The van der Waals surface area contributed by atoms with Crippen molar-refractivity contribution in [3.8, 4) is 0 Å². The lowest BCUT2D eigenvalue weighted by molar-refractivity contribution is 0.158. The molecule has 1 saturated carbocycles. The van der Waals surface area contributed by atoms with E-state index in [-0.39, 0.29) is 5.54 Å². The minimum absolute atomic E-state index is 0.165. The third-order valence-corrected chi connectivity index (χ3v) is 4.71. The molecule has 0 spiro atoms. The topological polar surface area (TPSA) is 26.0 Å². The Morgan fingerprint density at radius 2 is 1.81 bits per heavy atom. The Bertz CT molecular complexity index is 180. The molecule has 1 atom stereocenters. The van der Waals surface area contributed by atoms with E-state index in [1.165, 1.54) is 57.8 Å². The molecule has 1 nitrogen and oxygen atoms in total. The van der Waals surface area contributed by atoms with E-state index in [2.05, 4.69) is 20.8 Å². The Hall–Kier alpha value is -0.0400. The molecule has 0 radical (unpaired) electrons. The van der Waals surface area contributed by atoms with Gasteiger partial charge in [-0.05, 0) is 43.9 Å². The smallest absolute Gasteiger partial charge is 0.0180 e. The van der Waals surface area contributed by atoms with Crippen molar-refractivity contribution >= 4 is 0 Å². The molecule has 0 aromatic heterocycles. The predicted molar refractivity (Wildman–Crippen MR) is 72.5 cm³/mol. The van der Waals surface area contributed by atoms with Crippen LogP contribution in [0, 0.1) is 11.8 Å². The van der Waals surface area contributed by atoms with Crippen molar-refractivity contribution in [2.45, 2.75) is 84.1 Å². The number of rotatable bonds is 6. The molecule has 1 heteroatoms. The zero-order chi connectivity index (χ0) is 12.0. The lowest BCUT2D eigenvalue weighted by atomic mass is 9.69. The summed E-state index contributed by atoms with van der Waals surface area (Å²) in [5, 5.41) is 0. The lowest BCUT2D eigenvalue weighted by Gasteiger charge is -2.41. The standard InChI is InChI=1S/C15H31N/c1-4-6-8-14-9-11-15(16,12-10-14)13(3)7-5-2/h13-14H,4-12,16H2,1-3H3. The third kappa shape index (κ3) is 3.76. The fourth-order valence-corrected chi connectivity index (χ4v) is 3.21. The van der Waals surface area contributed by atoms with Crippen LogP contribution in [-0.2, 0) is 0 Å². The first-order chi connectivity index (χ1) is 7.62. The number of hydrogen-bond donors (Lipinski definition) is 1. The summed E-state index contributed by atoms with van der Waals surface area (Å²) >= 11 is 0. The number of unbranched alkanes of at least 4 members (excludes halogenated alkanes) is 1. The second-order valence-electron chi connectivity index (χ2n) is 6.01. The Labute approximate surface area is 102 Å². The summed E-state index contributed by atoms with van der Waals surface area (Å²) in [6.07, 6.45) is 12.1. The van der Waals surface area contributed by atoms with Gasteiger partial charge in [-0.1, -0.05) is 46.5 Å². The van der Waals surface area contributed by atoms with Crippen LogP contribution in [0.25, 0.3) is 0 Å². The molecule has 0 heterocycles. The van der Waals surface area contributed by atoms with Crippen LogP contribution in [-0.4, -0.2) is 5.54 Å². The van der Waals surface area contributed by atoms with Gasteiger partial charge in [0.1, 0.15) is 0 Å². The predicted octanol–water partition coefficient (Wildman–Crippen LogP) is 4.50. The molecule has 1 fully saturated rings. The fourth-order valence-electron chi connectivity index (χ4n) is 3.21. The Balaban J connectivity index is 2.34. The van der Waals surface area contributed by atoms with E-state index in [0.29, 0.717) is 5.92 Å². The molecule has 0 aromatic carbocycles. The number of hydrogen-bond acceptors (Lipinski definition) is 1. The van der Waals surface area contributed by atoms with Crippen molar-refractivity contribution in [3.63, 3.8) is 0 Å². The van der Waals surface area contributed by atoms with Gasteiger partial charge in [0.2, 0.25) is 0 Å². The summed E-state index contributed by atoms with van der Waals surface area (Å²) in [5.41, 5.74) is 6.74. The van der Waals surface area contributed by atoms with Crippen molar-refractivity contribution in [2.75, 3.05) is 0 Å². The van der Waals surface area contributed by atoms with E-state index in [1.807, 2.05) is 0 Å². The lowest BCUT2D eigenvalue weighted by Crippen LogP contribution is -2.48. The molecule has 0 amide bonds. The Kier molecular flexibility index (Phi) is 5.82. The first kappa shape index (κ1) is 14.0. The minimum Gasteiger partial charge on any atom is -0.325 e. The van der Waals surface area contributed by atoms with Crippen molar-refractivity contribution in [2.24, 2.45) is 17.6 Å². The van der Waals surface area contributed by atoms with Gasteiger partial charge < -0.3 is 5.73 Å². The average molecular weight is 225 g/mol. The first-order valence-corrected chi connectivity index (χ1v) is 7.41. The molecule has 0 aromatic rings. The van der Waals surface area contributed by atoms with Crippen molar-refractivity contribution < 1.29 is 0 Å². The molecule has 16 heavy (non-hydrogen) atoms. The maximum absolute atomic E-state index is 6.58. The van der Waals surface area contributed by atoms with Crippen LogP contribution in [0.15, 0.2) is 0 Å². The zero-order valence-electron chi connectivity index (χ0n) is 11.6. The van der Waals surface area contributed by atoms with Gasteiger partial charge in [-0.25, -0.2) is 0 Å². The summed E-state index contributed by atoms with van der Waals surface area (Å²) in [6, 6.07) is 0.